The third-order valence-electron chi connectivity index (χ3n) is 3.52. The van der Waals surface area contributed by atoms with Crippen LogP contribution in [0.25, 0.3) is 0 Å². The molecule has 1 saturated carbocycles. The van der Waals surface area contributed by atoms with Gasteiger partial charge in [-0.3, -0.25) is 4.79 Å². The highest BCUT2D eigenvalue weighted by molar-refractivity contribution is 5.81. The lowest BCUT2D eigenvalue weighted by atomic mass is 9.89. The van der Waals surface area contributed by atoms with Crippen molar-refractivity contribution < 1.29 is 14.3 Å². The van der Waals surface area contributed by atoms with Gasteiger partial charge in [0, 0.05) is 25.9 Å². The number of likely N-dealkylation sites (tertiary alicyclic amines) is 1. The molecule has 96 valence electrons. The second-order valence-electron chi connectivity index (χ2n) is 6.18. The van der Waals surface area contributed by atoms with Crippen molar-refractivity contribution in [1.82, 2.24) is 4.90 Å². The summed E-state index contributed by atoms with van der Waals surface area (Å²) in [7, 11) is 0. The molecule has 1 saturated heterocycles. The molecule has 2 atom stereocenters. The Morgan fingerprint density at radius 2 is 1.94 bits per heavy atom. The van der Waals surface area contributed by atoms with Gasteiger partial charge in [0.05, 0.1) is 0 Å². The molecular weight excluding hydrogens is 218 g/mol. The number of hydrogen-bond donors (Lipinski definition) is 0. The highest BCUT2D eigenvalue weighted by Crippen LogP contribution is 2.36. The van der Waals surface area contributed by atoms with E-state index in [1.807, 2.05) is 20.8 Å². The number of Topliss-reactive ketones (excluding diaryl/α,β-unsaturated/α-hetero) is 1. The largest absolute Gasteiger partial charge is 0.444 e. The first kappa shape index (κ1) is 12.4. The third-order valence-corrected chi connectivity index (χ3v) is 3.52. The SMILES string of the molecule is CC(C)(C)OC(=O)N1CC[C@@H]2CC(=O)C[C@@H]2C1. The minimum Gasteiger partial charge on any atom is -0.444 e. The van der Waals surface area contributed by atoms with Gasteiger partial charge in [-0.25, -0.2) is 4.79 Å². The Morgan fingerprint density at radius 1 is 1.29 bits per heavy atom. The van der Waals surface area contributed by atoms with Crippen LogP contribution in [-0.2, 0) is 9.53 Å². The van der Waals surface area contributed by atoms with Crippen LogP contribution >= 0.6 is 0 Å². The fraction of sp³-hybridized carbons (Fsp3) is 0.846. The number of nitrogens with zero attached hydrogens (tertiary/aromatic N) is 1. The quantitative estimate of drug-likeness (QED) is 0.651. The topological polar surface area (TPSA) is 46.6 Å². The van der Waals surface area contributed by atoms with Crippen LogP contribution < -0.4 is 0 Å². The molecule has 2 aliphatic rings. The Balaban J connectivity index is 1.92. The summed E-state index contributed by atoms with van der Waals surface area (Å²) in [5, 5.41) is 0. The van der Waals surface area contributed by atoms with Gasteiger partial charge in [0.2, 0.25) is 0 Å². The van der Waals surface area contributed by atoms with Gasteiger partial charge in [0.1, 0.15) is 11.4 Å². The summed E-state index contributed by atoms with van der Waals surface area (Å²) in [6.07, 6.45) is 2.06. The molecule has 1 aliphatic carbocycles. The number of piperidine rings is 1. The van der Waals surface area contributed by atoms with Crippen LogP contribution in [-0.4, -0.2) is 35.5 Å². The first-order valence-corrected chi connectivity index (χ1v) is 6.35. The number of carbonyl (C=O) groups is 2. The van der Waals surface area contributed by atoms with Gasteiger partial charge in [0.25, 0.3) is 0 Å². The van der Waals surface area contributed by atoms with Gasteiger partial charge in [0.15, 0.2) is 0 Å². The lowest BCUT2D eigenvalue weighted by molar-refractivity contribution is -0.117. The van der Waals surface area contributed by atoms with Crippen LogP contribution in [0.15, 0.2) is 0 Å². The van der Waals surface area contributed by atoms with Crippen LogP contribution in [0.5, 0.6) is 0 Å². The van der Waals surface area contributed by atoms with Gasteiger partial charge in [-0.2, -0.15) is 0 Å². The molecule has 17 heavy (non-hydrogen) atoms. The Kier molecular flexibility index (Phi) is 3.15. The molecular formula is C13H21NO3. The average Bonchev–Trinajstić information content (AvgIpc) is 2.53. The van der Waals surface area contributed by atoms with Gasteiger partial charge in [-0.15, -0.1) is 0 Å². The molecule has 1 aliphatic heterocycles. The Labute approximate surface area is 102 Å². The van der Waals surface area contributed by atoms with Crippen LogP contribution in [0.1, 0.15) is 40.0 Å². The van der Waals surface area contributed by atoms with E-state index in [1.54, 1.807) is 4.90 Å². The smallest absolute Gasteiger partial charge is 0.410 e. The molecule has 0 bridgehead atoms. The van der Waals surface area contributed by atoms with E-state index in [0.29, 0.717) is 37.0 Å². The maximum Gasteiger partial charge on any atom is 0.410 e. The van der Waals surface area contributed by atoms with Gasteiger partial charge in [-0.05, 0) is 39.0 Å². The number of fused-ring (bicyclic) bond motifs is 1. The van der Waals surface area contributed by atoms with Crippen molar-refractivity contribution in [2.75, 3.05) is 13.1 Å². The Bertz CT molecular complexity index is 332. The fourth-order valence-corrected chi connectivity index (χ4v) is 2.74. The average molecular weight is 239 g/mol. The minimum absolute atomic E-state index is 0.240. The van der Waals surface area contributed by atoms with Crippen molar-refractivity contribution in [2.45, 2.75) is 45.6 Å². The van der Waals surface area contributed by atoms with E-state index in [2.05, 4.69) is 0 Å². The summed E-state index contributed by atoms with van der Waals surface area (Å²) in [6.45, 7) is 7.03. The van der Waals surface area contributed by atoms with Crippen molar-refractivity contribution in [2.24, 2.45) is 11.8 Å². The number of ether oxygens (including phenoxy) is 1. The normalized spacial score (nSPS) is 29.1. The zero-order chi connectivity index (χ0) is 12.6. The van der Waals surface area contributed by atoms with E-state index in [-0.39, 0.29) is 6.09 Å². The summed E-state index contributed by atoms with van der Waals surface area (Å²) < 4.78 is 5.35. The van der Waals surface area contributed by atoms with Crippen molar-refractivity contribution in [3.05, 3.63) is 0 Å². The molecule has 4 nitrogen and oxygen atoms in total. The van der Waals surface area contributed by atoms with Crippen LogP contribution in [0.4, 0.5) is 4.79 Å². The molecule has 0 aromatic heterocycles. The van der Waals surface area contributed by atoms with Crippen molar-refractivity contribution >= 4 is 11.9 Å². The maximum absolute atomic E-state index is 11.9. The number of rotatable bonds is 0. The predicted octanol–water partition coefficient (Wildman–Crippen LogP) is 2.22. The molecule has 0 aromatic carbocycles. The second kappa shape index (κ2) is 4.31. The molecule has 2 fully saturated rings. The number of ketones is 1. The molecule has 0 unspecified atom stereocenters. The van der Waals surface area contributed by atoms with Crippen LogP contribution in [0, 0.1) is 11.8 Å². The minimum atomic E-state index is -0.445. The number of hydrogen-bond acceptors (Lipinski definition) is 3. The molecule has 0 aromatic rings. The molecule has 1 amide bonds. The second-order valence-corrected chi connectivity index (χ2v) is 6.18. The maximum atomic E-state index is 11.9. The van der Waals surface area contributed by atoms with E-state index < -0.39 is 5.60 Å². The van der Waals surface area contributed by atoms with E-state index in [4.69, 9.17) is 4.74 Å². The monoisotopic (exact) mass is 239 g/mol. The molecule has 0 radical (unpaired) electrons. The van der Waals surface area contributed by atoms with Crippen molar-refractivity contribution in [3.63, 3.8) is 0 Å². The zero-order valence-corrected chi connectivity index (χ0v) is 10.9. The van der Waals surface area contributed by atoms with E-state index in [1.165, 1.54) is 0 Å². The highest BCUT2D eigenvalue weighted by atomic mass is 16.6. The molecule has 0 N–H and O–H groups in total. The van der Waals surface area contributed by atoms with E-state index in [0.717, 1.165) is 13.0 Å². The summed E-state index contributed by atoms with van der Waals surface area (Å²) >= 11 is 0. The summed E-state index contributed by atoms with van der Waals surface area (Å²) in [4.78, 5) is 25.0. The lowest BCUT2D eigenvalue weighted by Gasteiger charge is -2.35. The van der Waals surface area contributed by atoms with Crippen LogP contribution in [0.3, 0.4) is 0 Å². The molecule has 0 spiro atoms. The third kappa shape index (κ3) is 2.99. The Morgan fingerprint density at radius 3 is 2.59 bits per heavy atom. The van der Waals surface area contributed by atoms with E-state index in [9.17, 15) is 9.59 Å². The van der Waals surface area contributed by atoms with Crippen molar-refractivity contribution in [3.8, 4) is 0 Å². The summed E-state index contributed by atoms with van der Waals surface area (Å²) in [5.74, 6) is 1.22. The fourth-order valence-electron chi connectivity index (χ4n) is 2.74. The van der Waals surface area contributed by atoms with E-state index >= 15 is 0 Å². The first-order chi connectivity index (χ1) is 7.85. The summed E-state index contributed by atoms with van der Waals surface area (Å²) in [6, 6.07) is 0. The standard InChI is InChI=1S/C13H21NO3/c1-13(2,3)17-12(16)14-5-4-9-6-11(15)7-10(9)8-14/h9-10H,4-8H2,1-3H3/t9-,10-/m1/s1. The van der Waals surface area contributed by atoms with Gasteiger partial charge < -0.3 is 9.64 Å². The molecule has 2 rings (SSSR count). The van der Waals surface area contributed by atoms with Gasteiger partial charge >= 0.3 is 6.09 Å². The Hall–Kier alpha value is -1.06. The zero-order valence-electron chi connectivity index (χ0n) is 10.9. The number of amides is 1. The van der Waals surface area contributed by atoms with Crippen molar-refractivity contribution in [1.29, 1.82) is 0 Å². The highest BCUT2D eigenvalue weighted by Gasteiger charge is 2.39. The first-order valence-electron chi connectivity index (χ1n) is 6.35. The van der Waals surface area contributed by atoms with Gasteiger partial charge in [-0.1, -0.05) is 0 Å². The predicted molar refractivity (Wildman–Crippen MR) is 63.6 cm³/mol. The molecule has 4 heteroatoms. The molecule has 1 heterocycles. The summed E-state index contributed by atoms with van der Waals surface area (Å²) in [5.41, 5.74) is -0.445. The number of carbonyl (C=O) groups excluding carboxylic acids is 2. The van der Waals surface area contributed by atoms with Crippen LogP contribution in [0.2, 0.25) is 0 Å². The lowest BCUT2D eigenvalue weighted by Crippen LogP contribution is -2.44.